The number of likely N-dealkylation sites (N-methyl/N-ethyl adjacent to an activating group) is 1. The minimum absolute atomic E-state index is 0.118. The van der Waals surface area contributed by atoms with Crippen LogP contribution in [0.2, 0.25) is 5.15 Å². The van der Waals surface area contributed by atoms with Crippen molar-refractivity contribution in [2.75, 3.05) is 27.2 Å². The van der Waals surface area contributed by atoms with Crippen LogP contribution in [-0.2, 0) is 11.3 Å². The first kappa shape index (κ1) is 13.7. The lowest BCUT2D eigenvalue weighted by Gasteiger charge is -2.10. The van der Waals surface area contributed by atoms with Crippen LogP contribution in [0.4, 0.5) is 0 Å². The molecule has 0 aliphatic carbocycles. The van der Waals surface area contributed by atoms with Crippen molar-refractivity contribution in [3.8, 4) is 0 Å². The molecule has 1 N–H and O–H groups in total. The Morgan fingerprint density at radius 2 is 2.24 bits per heavy atom. The second kappa shape index (κ2) is 6.36. The lowest BCUT2D eigenvalue weighted by Crippen LogP contribution is -2.36. The van der Waals surface area contributed by atoms with E-state index in [0.717, 1.165) is 11.2 Å². The summed E-state index contributed by atoms with van der Waals surface area (Å²) in [4.78, 5) is 24.8. The fourth-order valence-corrected chi connectivity index (χ4v) is 1.30. The molecule has 0 saturated carbocycles. The molecule has 1 heterocycles. The van der Waals surface area contributed by atoms with Crippen molar-refractivity contribution in [3.05, 3.63) is 27.6 Å². The van der Waals surface area contributed by atoms with E-state index in [1.54, 1.807) is 0 Å². The first-order valence-electron chi connectivity index (χ1n) is 5.14. The van der Waals surface area contributed by atoms with Gasteiger partial charge in [0.25, 0.3) is 5.56 Å². The van der Waals surface area contributed by atoms with Gasteiger partial charge in [-0.1, -0.05) is 11.6 Å². The number of nitrogens with one attached hydrogen (secondary N) is 1. The van der Waals surface area contributed by atoms with Crippen molar-refractivity contribution < 1.29 is 4.79 Å². The SMILES string of the molecule is CN(C)CCNC(=O)Cn1nc(Cl)ccc1=O. The van der Waals surface area contributed by atoms with Gasteiger partial charge in [-0.05, 0) is 20.2 Å². The number of halogens is 1. The molecule has 1 amide bonds. The predicted octanol–water partition coefficient (Wildman–Crippen LogP) is -0.426. The van der Waals surface area contributed by atoms with Crippen molar-refractivity contribution in [1.82, 2.24) is 20.0 Å². The Hall–Kier alpha value is -1.40. The Kier molecular flexibility index (Phi) is 5.11. The van der Waals surface area contributed by atoms with E-state index in [4.69, 9.17) is 11.6 Å². The molecule has 1 aromatic rings. The Morgan fingerprint density at radius 3 is 2.88 bits per heavy atom. The van der Waals surface area contributed by atoms with E-state index in [-0.39, 0.29) is 23.2 Å². The standard InChI is InChI=1S/C10H15ClN4O2/c1-14(2)6-5-12-9(16)7-15-10(17)4-3-8(11)13-15/h3-4H,5-7H2,1-2H3,(H,12,16). The highest BCUT2D eigenvalue weighted by molar-refractivity contribution is 6.29. The average Bonchev–Trinajstić information content (AvgIpc) is 2.23. The van der Waals surface area contributed by atoms with Crippen LogP contribution in [0, 0.1) is 0 Å². The highest BCUT2D eigenvalue weighted by atomic mass is 35.5. The molecular weight excluding hydrogens is 244 g/mol. The van der Waals surface area contributed by atoms with Crippen molar-refractivity contribution in [3.63, 3.8) is 0 Å². The highest BCUT2D eigenvalue weighted by Gasteiger charge is 2.05. The van der Waals surface area contributed by atoms with E-state index in [9.17, 15) is 9.59 Å². The number of carbonyl (C=O) groups is 1. The fraction of sp³-hybridized carbons (Fsp3) is 0.500. The smallest absolute Gasteiger partial charge is 0.267 e. The molecule has 6 nitrogen and oxygen atoms in total. The molecule has 0 radical (unpaired) electrons. The lowest BCUT2D eigenvalue weighted by atomic mass is 10.5. The summed E-state index contributed by atoms with van der Waals surface area (Å²) in [6.45, 7) is 1.15. The maximum Gasteiger partial charge on any atom is 0.267 e. The van der Waals surface area contributed by atoms with Crippen molar-refractivity contribution in [2.24, 2.45) is 0 Å². The van der Waals surface area contributed by atoms with Crippen molar-refractivity contribution in [1.29, 1.82) is 0 Å². The van der Waals surface area contributed by atoms with Gasteiger partial charge in [-0.3, -0.25) is 9.59 Å². The predicted molar refractivity (Wildman–Crippen MR) is 65.1 cm³/mol. The van der Waals surface area contributed by atoms with E-state index in [1.807, 2.05) is 19.0 Å². The van der Waals surface area contributed by atoms with Crippen LogP contribution >= 0.6 is 11.6 Å². The first-order chi connectivity index (χ1) is 7.99. The summed E-state index contributed by atoms with van der Waals surface area (Å²) in [6, 6.07) is 2.67. The van der Waals surface area contributed by atoms with E-state index < -0.39 is 0 Å². The van der Waals surface area contributed by atoms with E-state index in [0.29, 0.717) is 6.54 Å². The molecule has 0 saturated heterocycles. The largest absolute Gasteiger partial charge is 0.353 e. The summed E-state index contributed by atoms with van der Waals surface area (Å²) in [7, 11) is 3.82. The molecule has 0 bridgehead atoms. The third-order valence-corrected chi connectivity index (χ3v) is 2.21. The van der Waals surface area contributed by atoms with Gasteiger partial charge in [-0.25, -0.2) is 4.68 Å². The number of hydrogen-bond acceptors (Lipinski definition) is 4. The van der Waals surface area contributed by atoms with E-state index >= 15 is 0 Å². The minimum atomic E-state index is -0.350. The molecule has 0 aromatic carbocycles. The van der Waals surface area contributed by atoms with Crippen LogP contribution in [0.3, 0.4) is 0 Å². The summed E-state index contributed by atoms with van der Waals surface area (Å²) < 4.78 is 1.04. The van der Waals surface area contributed by atoms with Crippen molar-refractivity contribution >= 4 is 17.5 Å². The van der Waals surface area contributed by atoms with Gasteiger partial charge in [-0.2, -0.15) is 5.10 Å². The lowest BCUT2D eigenvalue weighted by molar-refractivity contribution is -0.121. The monoisotopic (exact) mass is 258 g/mol. The zero-order chi connectivity index (χ0) is 12.8. The molecule has 0 aliphatic heterocycles. The fourth-order valence-electron chi connectivity index (χ4n) is 1.15. The van der Waals surface area contributed by atoms with Crippen LogP contribution < -0.4 is 10.9 Å². The van der Waals surface area contributed by atoms with Gasteiger partial charge in [0.15, 0.2) is 0 Å². The highest BCUT2D eigenvalue weighted by Crippen LogP contribution is 1.97. The normalized spacial score (nSPS) is 10.6. The van der Waals surface area contributed by atoms with Gasteiger partial charge in [0.1, 0.15) is 11.7 Å². The molecule has 0 fully saturated rings. The molecule has 0 unspecified atom stereocenters. The number of nitrogens with zero attached hydrogens (tertiary/aromatic N) is 3. The molecule has 17 heavy (non-hydrogen) atoms. The number of carbonyl (C=O) groups excluding carboxylic acids is 1. The van der Waals surface area contributed by atoms with E-state index in [2.05, 4.69) is 10.4 Å². The maximum atomic E-state index is 11.5. The minimum Gasteiger partial charge on any atom is -0.353 e. The maximum absolute atomic E-state index is 11.5. The molecule has 0 aliphatic rings. The van der Waals surface area contributed by atoms with Gasteiger partial charge < -0.3 is 10.2 Å². The number of hydrogen-bond donors (Lipinski definition) is 1. The Bertz CT molecular complexity index is 444. The molecule has 1 rings (SSSR count). The number of aromatic nitrogens is 2. The third-order valence-electron chi connectivity index (χ3n) is 2.01. The second-order valence-corrected chi connectivity index (χ2v) is 4.19. The summed E-state index contributed by atoms with van der Waals surface area (Å²) in [5.41, 5.74) is -0.350. The van der Waals surface area contributed by atoms with Gasteiger partial charge in [-0.15, -0.1) is 0 Å². The quantitative estimate of drug-likeness (QED) is 0.779. The summed E-state index contributed by atoms with van der Waals surface area (Å²) in [5.74, 6) is -0.260. The van der Waals surface area contributed by atoms with Crippen molar-refractivity contribution in [2.45, 2.75) is 6.54 Å². The number of amides is 1. The van der Waals surface area contributed by atoms with Crippen LogP contribution in [0.25, 0.3) is 0 Å². The molecule has 0 atom stereocenters. The van der Waals surface area contributed by atoms with Crippen LogP contribution in [0.5, 0.6) is 0 Å². The Labute approximate surface area is 104 Å². The van der Waals surface area contributed by atoms with Crippen LogP contribution in [0.1, 0.15) is 0 Å². The molecule has 94 valence electrons. The second-order valence-electron chi connectivity index (χ2n) is 3.81. The van der Waals surface area contributed by atoms with Gasteiger partial charge in [0.2, 0.25) is 5.91 Å². The van der Waals surface area contributed by atoms with Gasteiger partial charge in [0.05, 0.1) is 0 Å². The topological polar surface area (TPSA) is 67.2 Å². The zero-order valence-electron chi connectivity index (χ0n) is 9.81. The summed E-state index contributed by atoms with van der Waals surface area (Å²) >= 11 is 5.64. The van der Waals surface area contributed by atoms with E-state index in [1.165, 1.54) is 12.1 Å². The molecule has 0 spiro atoms. The van der Waals surface area contributed by atoms with Gasteiger partial charge >= 0.3 is 0 Å². The van der Waals surface area contributed by atoms with Gasteiger partial charge in [0, 0.05) is 19.2 Å². The average molecular weight is 259 g/mol. The molecule has 1 aromatic heterocycles. The third kappa shape index (κ3) is 4.97. The summed E-state index contributed by atoms with van der Waals surface area (Å²) in [5, 5.41) is 6.63. The first-order valence-corrected chi connectivity index (χ1v) is 5.52. The summed E-state index contributed by atoms with van der Waals surface area (Å²) in [6.07, 6.45) is 0. The Balaban J connectivity index is 2.50. The van der Waals surface area contributed by atoms with Crippen LogP contribution in [-0.4, -0.2) is 47.8 Å². The number of rotatable bonds is 5. The Morgan fingerprint density at radius 1 is 1.53 bits per heavy atom. The van der Waals surface area contributed by atoms with Crippen LogP contribution in [0.15, 0.2) is 16.9 Å². The molecular formula is C10H15ClN4O2. The zero-order valence-corrected chi connectivity index (χ0v) is 10.6. The molecule has 7 heteroatoms.